The van der Waals surface area contributed by atoms with Crippen molar-refractivity contribution < 1.29 is 19.8 Å². The molecule has 2 unspecified atom stereocenters. The summed E-state index contributed by atoms with van der Waals surface area (Å²) in [5.74, 6) is -2.08. The van der Waals surface area contributed by atoms with Crippen LogP contribution in [0.4, 0.5) is 0 Å². The number of hydrogen-bond donors (Lipinski definition) is 2. The van der Waals surface area contributed by atoms with E-state index in [-0.39, 0.29) is 5.57 Å². The summed E-state index contributed by atoms with van der Waals surface area (Å²) in [6.07, 6.45) is 3.02. The van der Waals surface area contributed by atoms with E-state index in [0.29, 0.717) is 5.57 Å². The van der Waals surface area contributed by atoms with Crippen LogP contribution >= 0.6 is 45.2 Å². The maximum Gasteiger partial charge on any atom is 0.332 e. The van der Waals surface area contributed by atoms with E-state index in [0.717, 1.165) is 0 Å². The fourth-order valence-electron chi connectivity index (χ4n) is 1.29. The Bertz CT molecular complexity index is 386. The van der Waals surface area contributed by atoms with Gasteiger partial charge in [-0.2, -0.15) is 0 Å². The first-order chi connectivity index (χ1) is 6.81. The van der Waals surface area contributed by atoms with E-state index in [1.165, 1.54) is 6.08 Å². The van der Waals surface area contributed by atoms with Gasteiger partial charge in [0.05, 0.1) is 9.50 Å². The molecule has 0 saturated heterocycles. The maximum absolute atomic E-state index is 11.2. The molecule has 2 atom stereocenters. The van der Waals surface area contributed by atoms with Crippen LogP contribution in [0.5, 0.6) is 0 Å². The van der Waals surface area contributed by atoms with E-state index in [1.54, 1.807) is 35.6 Å². The number of carboxylic acids is 2. The Morgan fingerprint density at radius 1 is 1.40 bits per heavy atom. The predicted octanol–water partition coefficient (Wildman–Crippen LogP) is 2.02. The molecular formula is C9H8I2O4. The Hall–Kier alpha value is -0.120. The molecule has 4 nitrogen and oxygen atoms in total. The maximum atomic E-state index is 11.2. The van der Waals surface area contributed by atoms with Crippen LogP contribution in [0.15, 0.2) is 23.3 Å². The largest absolute Gasteiger partial charge is 0.480 e. The van der Waals surface area contributed by atoms with Gasteiger partial charge in [0, 0.05) is 0 Å². The third kappa shape index (κ3) is 2.05. The zero-order valence-electron chi connectivity index (χ0n) is 7.70. The lowest BCUT2D eigenvalue weighted by atomic mass is 9.88. The smallest absolute Gasteiger partial charge is 0.332 e. The number of aliphatic carboxylic acids is 2. The van der Waals surface area contributed by atoms with Crippen molar-refractivity contribution in [1.29, 1.82) is 0 Å². The van der Waals surface area contributed by atoms with Crippen molar-refractivity contribution in [3.05, 3.63) is 23.3 Å². The van der Waals surface area contributed by atoms with Gasteiger partial charge in [0.15, 0.2) is 3.42 Å². The molecule has 0 heterocycles. The van der Waals surface area contributed by atoms with Gasteiger partial charge in [-0.15, -0.1) is 0 Å². The lowest BCUT2D eigenvalue weighted by Gasteiger charge is -2.32. The molecule has 15 heavy (non-hydrogen) atoms. The summed E-state index contributed by atoms with van der Waals surface area (Å²) in [4.78, 5) is 22.1. The van der Waals surface area contributed by atoms with Crippen molar-refractivity contribution in [2.24, 2.45) is 0 Å². The molecular weight excluding hydrogens is 426 g/mol. The first-order valence-electron chi connectivity index (χ1n) is 4.00. The summed E-state index contributed by atoms with van der Waals surface area (Å²) in [5, 5.41) is 18.1. The second-order valence-corrected chi connectivity index (χ2v) is 6.10. The molecule has 0 fully saturated rings. The zero-order valence-corrected chi connectivity index (χ0v) is 12.0. The number of carboxylic acid groups (broad SMARTS) is 2. The number of alkyl halides is 2. The number of hydrogen-bond acceptors (Lipinski definition) is 2. The normalized spacial score (nSPS) is 30.5. The summed E-state index contributed by atoms with van der Waals surface area (Å²) in [7, 11) is 0. The van der Waals surface area contributed by atoms with E-state index in [1.807, 2.05) is 22.6 Å². The highest BCUT2D eigenvalue weighted by molar-refractivity contribution is 14.1. The molecule has 0 amide bonds. The van der Waals surface area contributed by atoms with E-state index in [2.05, 4.69) is 0 Å². The van der Waals surface area contributed by atoms with Gasteiger partial charge in [0.2, 0.25) is 0 Å². The highest BCUT2D eigenvalue weighted by Crippen LogP contribution is 2.42. The molecule has 0 bridgehead atoms. The Labute approximate surface area is 114 Å². The lowest BCUT2D eigenvalue weighted by molar-refractivity contribution is -0.138. The van der Waals surface area contributed by atoms with Crippen LogP contribution in [-0.4, -0.2) is 29.5 Å². The van der Waals surface area contributed by atoms with Gasteiger partial charge in [-0.05, 0) is 12.5 Å². The van der Waals surface area contributed by atoms with Crippen LogP contribution in [0, 0.1) is 0 Å². The van der Waals surface area contributed by atoms with Crippen molar-refractivity contribution in [3.63, 3.8) is 0 Å². The molecule has 0 aromatic rings. The van der Waals surface area contributed by atoms with Gasteiger partial charge in [-0.3, -0.25) is 4.79 Å². The molecule has 6 heteroatoms. The number of rotatable bonds is 2. The van der Waals surface area contributed by atoms with E-state index >= 15 is 0 Å². The summed E-state index contributed by atoms with van der Waals surface area (Å²) >= 11 is 3.67. The van der Waals surface area contributed by atoms with Crippen LogP contribution in [0.25, 0.3) is 0 Å². The number of carbonyl (C=O) groups is 2. The molecule has 1 rings (SSSR count). The second kappa shape index (κ2) is 4.40. The van der Waals surface area contributed by atoms with Gasteiger partial charge in [0.1, 0.15) is 0 Å². The summed E-state index contributed by atoms with van der Waals surface area (Å²) in [5.41, 5.74) is 0.776. The average Bonchev–Trinajstić information content (AvgIpc) is 2.13. The highest BCUT2D eigenvalue weighted by atomic mass is 127. The van der Waals surface area contributed by atoms with E-state index in [4.69, 9.17) is 10.2 Å². The molecule has 0 aliphatic heterocycles. The standard InChI is InChI=1S/C9H8I2O4/c1-4-2-3-5(7(12)13)6(10)9(4,11)8(14)15/h2-3,6H,1H3,(H,12,13)(H,14,15). The van der Waals surface area contributed by atoms with Crippen LogP contribution in [0.2, 0.25) is 0 Å². The minimum Gasteiger partial charge on any atom is -0.480 e. The van der Waals surface area contributed by atoms with Gasteiger partial charge in [-0.25, -0.2) is 4.79 Å². The Balaban J connectivity index is 3.27. The number of allylic oxidation sites excluding steroid dienone is 2. The molecule has 1 aliphatic carbocycles. The third-order valence-corrected chi connectivity index (χ3v) is 7.00. The fourth-order valence-corrected chi connectivity index (χ4v) is 3.04. The molecule has 2 N–H and O–H groups in total. The first kappa shape index (κ1) is 12.9. The van der Waals surface area contributed by atoms with Crippen LogP contribution in [-0.2, 0) is 9.59 Å². The third-order valence-electron chi connectivity index (χ3n) is 2.27. The molecule has 1 aliphatic rings. The Kier molecular flexibility index (Phi) is 3.80. The predicted molar refractivity (Wildman–Crippen MR) is 71.7 cm³/mol. The minimum absolute atomic E-state index is 0.123. The van der Waals surface area contributed by atoms with Crippen molar-refractivity contribution >= 4 is 57.1 Å². The van der Waals surface area contributed by atoms with E-state index in [9.17, 15) is 9.59 Å². The summed E-state index contributed by atoms with van der Waals surface area (Å²) in [6.45, 7) is 1.70. The molecule has 0 aromatic carbocycles. The molecule has 82 valence electrons. The van der Waals surface area contributed by atoms with Crippen molar-refractivity contribution in [3.8, 4) is 0 Å². The fraction of sp³-hybridized carbons (Fsp3) is 0.333. The SMILES string of the molecule is CC1=CC=C(C(=O)O)C(I)C1(I)C(=O)O. The molecule has 0 saturated carbocycles. The average molecular weight is 434 g/mol. The minimum atomic E-state index is -1.17. The van der Waals surface area contributed by atoms with Gasteiger partial charge in [-0.1, -0.05) is 57.3 Å². The monoisotopic (exact) mass is 434 g/mol. The quantitative estimate of drug-likeness (QED) is 0.516. The van der Waals surface area contributed by atoms with Crippen molar-refractivity contribution in [2.45, 2.75) is 14.3 Å². The van der Waals surface area contributed by atoms with Gasteiger partial charge < -0.3 is 10.2 Å². The van der Waals surface area contributed by atoms with E-state index < -0.39 is 19.3 Å². The van der Waals surface area contributed by atoms with Crippen LogP contribution in [0.1, 0.15) is 6.92 Å². The van der Waals surface area contributed by atoms with Gasteiger partial charge in [0.25, 0.3) is 0 Å². The summed E-state index contributed by atoms with van der Waals surface area (Å²) < 4.78 is -1.74. The Morgan fingerprint density at radius 3 is 2.33 bits per heavy atom. The lowest BCUT2D eigenvalue weighted by Crippen LogP contribution is -2.45. The van der Waals surface area contributed by atoms with Crippen LogP contribution in [0.3, 0.4) is 0 Å². The van der Waals surface area contributed by atoms with Gasteiger partial charge >= 0.3 is 11.9 Å². The highest BCUT2D eigenvalue weighted by Gasteiger charge is 2.48. The molecule has 0 spiro atoms. The van der Waals surface area contributed by atoms with Crippen LogP contribution < -0.4 is 0 Å². The number of halogens is 2. The second-order valence-electron chi connectivity index (χ2n) is 3.16. The van der Waals surface area contributed by atoms with Crippen molar-refractivity contribution in [2.75, 3.05) is 0 Å². The summed E-state index contributed by atoms with van der Waals surface area (Å²) in [6, 6.07) is 0. The van der Waals surface area contributed by atoms with Crippen molar-refractivity contribution in [1.82, 2.24) is 0 Å². The Morgan fingerprint density at radius 2 is 1.93 bits per heavy atom. The zero-order chi connectivity index (χ0) is 11.8. The first-order valence-corrected chi connectivity index (χ1v) is 6.33. The topological polar surface area (TPSA) is 74.6 Å². The molecule has 0 aromatic heterocycles. The molecule has 0 radical (unpaired) electrons.